The Morgan fingerprint density at radius 2 is 2.07 bits per heavy atom. The van der Waals surface area contributed by atoms with Crippen molar-refractivity contribution < 1.29 is 9.90 Å². The first-order valence-electron chi connectivity index (χ1n) is 5.23. The van der Waals surface area contributed by atoms with Gasteiger partial charge in [0.1, 0.15) is 6.04 Å². The zero-order chi connectivity index (χ0) is 10.8. The molecule has 0 amide bonds. The Balaban J connectivity index is 2.15. The molecule has 0 fully saturated rings. The molecule has 0 bridgehead atoms. The largest absolute Gasteiger partial charge is 0.480 e. The summed E-state index contributed by atoms with van der Waals surface area (Å²) in [5.74, 6) is -0.809. The summed E-state index contributed by atoms with van der Waals surface area (Å²) in [7, 11) is 0. The van der Waals surface area contributed by atoms with Crippen molar-refractivity contribution in [3.8, 4) is 0 Å². The second kappa shape index (κ2) is 4.03. The third-order valence-corrected chi connectivity index (χ3v) is 3.18. The lowest BCUT2D eigenvalue weighted by Gasteiger charge is -2.26. The molecule has 0 heterocycles. The van der Waals surface area contributed by atoms with Gasteiger partial charge in [-0.15, -0.1) is 0 Å². The molecule has 3 heteroatoms. The average molecular weight is 205 g/mol. The predicted octanol–water partition coefficient (Wildman–Crippen LogP) is 1.20. The predicted molar refractivity (Wildman–Crippen MR) is 57.6 cm³/mol. The van der Waals surface area contributed by atoms with Crippen LogP contribution in [0.5, 0.6) is 0 Å². The zero-order valence-corrected chi connectivity index (χ0v) is 8.52. The maximum absolute atomic E-state index is 10.8. The van der Waals surface area contributed by atoms with Gasteiger partial charge in [0.2, 0.25) is 0 Å². The Morgan fingerprint density at radius 1 is 1.40 bits per heavy atom. The van der Waals surface area contributed by atoms with Gasteiger partial charge in [0.25, 0.3) is 0 Å². The highest BCUT2D eigenvalue weighted by atomic mass is 16.4. The third kappa shape index (κ3) is 2.02. The summed E-state index contributed by atoms with van der Waals surface area (Å²) in [6, 6.07) is 7.47. The number of hydrogen-bond acceptors (Lipinski definition) is 2. The van der Waals surface area contributed by atoms with E-state index in [2.05, 4.69) is 12.1 Å². The van der Waals surface area contributed by atoms with Crippen LogP contribution >= 0.6 is 0 Å². The minimum atomic E-state index is -0.889. The molecule has 3 nitrogen and oxygen atoms in total. The van der Waals surface area contributed by atoms with Gasteiger partial charge in [-0.05, 0) is 36.3 Å². The molecule has 15 heavy (non-hydrogen) atoms. The lowest BCUT2D eigenvalue weighted by molar-refractivity contribution is -0.140. The molecule has 0 spiro atoms. The minimum Gasteiger partial charge on any atom is -0.480 e. The van der Waals surface area contributed by atoms with E-state index < -0.39 is 12.0 Å². The van der Waals surface area contributed by atoms with Gasteiger partial charge < -0.3 is 10.8 Å². The average Bonchev–Trinajstić information content (AvgIpc) is 2.27. The molecule has 1 aromatic rings. The molecule has 0 aromatic heterocycles. The number of carboxylic acid groups (broad SMARTS) is 1. The first-order valence-corrected chi connectivity index (χ1v) is 5.23. The Morgan fingerprint density at radius 3 is 2.73 bits per heavy atom. The van der Waals surface area contributed by atoms with Crippen LogP contribution in [0.15, 0.2) is 24.3 Å². The summed E-state index contributed by atoms with van der Waals surface area (Å²) in [4.78, 5) is 10.8. The summed E-state index contributed by atoms with van der Waals surface area (Å²) >= 11 is 0. The van der Waals surface area contributed by atoms with Gasteiger partial charge in [0.05, 0.1) is 0 Å². The monoisotopic (exact) mass is 205 g/mol. The van der Waals surface area contributed by atoms with Crippen molar-refractivity contribution in [3.05, 3.63) is 35.4 Å². The second-order valence-corrected chi connectivity index (χ2v) is 4.14. The molecule has 2 rings (SSSR count). The number of fused-ring (bicyclic) bond motifs is 1. The maximum atomic E-state index is 10.8. The molecule has 0 aliphatic heterocycles. The van der Waals surface area contributed by atoms with Gasteiger partial charge in [-0.1, -0.05) is 24.3 Å². The molecular formula is C12H15NO2. The summed E-state index contributed by atoms with van der Waals surface area (Å²) in [6.07, 6.45) is 2.62. The van der Waals surface area contributed by atoms with Crippen LogP contribution in [0.2, 0.25) is 0 Å². The Bertz CT molecular complexity index is 376. The molecule has 1 aliphatic rings. The number of aliphatic carboxylic acids is 1. The number of carbonyl (C=O) groups is 1. The van der Waals surface area contributed by atoms with E-state index in [0.29, 0.717) is 0 Å². The van der Waals surface area contributed by atoms with Crippen LogP contribution in [0.4, 0.5) is 0 Å². The standard InChI is InChI=1S/C12H15NO2/c13-11(12(14)15)10-6-5-8-3-1-2-4-9(8)7-10/h1-4,10-11H,5-7,13H2,(H,14,15)/t10-,11+/m0/s1. The molecular weight excluding hydrogens is 190 g/mol. The highest BCUT2D eigenvalue weighted by Crippen LogP contribution is 2.26. The van der Waals surface area contributed by atoms with Gasteiger partial charge in [0, 0.05) is 0 Å². The Hall–Kier alpha value is -1.35. The smallest absolute Gasteiger partial charge is 0.320 e. The topological polar surface area (TPSA) is 63.3 Å². The summed E-state index contributed by atoms with van der Waals surface area (Å²) in [6.45, 7) is 0. The van der Waals surface area contributed by atoms with Crippen LogP contribution in [0.1, 0.15) is 17.5 Å². The normalized spacial score (nSPS) is 21.8. The molecule has 0 saturated heterocycles. The molecule has 2 atom stereocenters. The van der Waals surface area contributed by atoms with E-state index in [1.807, 2.05) is 12.1 Å². The minimum absolute atomic E-state index is 0.0809. The fraction of sp³-hybridized carbons (Fsp3) is 0.417. The lowest BCUT2D eigenvalue weighted by Crippen LogP contribution is -2.40. The van der Waals surface area contributed by atoms with Crippen LogP contribution in [-0.4, -0.2) is 17.1 Å². The van der Waals surface area contributed by atoms with Gasteiger partial charge >= 0.3 is 5.97 Å². The molecule has 3 N–H and O–H groups in total. The van der Waals surface area contributed by atoms with Crippen molar-refractivity contribution in [1.82, 2.24) is 0 Å². The van der Waals surface area contributed by atoms with E-state index in [4.69, 9.17) is 10.8 Å². The SMILES string of the molecule is N[C@@H](C(=O)O)[C@H]1CCc2ccccc2C1. The van der Waals surface area contributed by atoms with Crippen LogP contribution in [-0.2, 0) is 17.6 Å². The van der Waals surface area contributed by atoms with Crippen molar-refractivity contribution in [2.45, 2.75) is 25.3 Å². The van der Waals surface area contributed by atoms with E-state index in [0.717, 1.165) is 19.3 Å². The lowest BCUT2D eigenvalue weighted by atomic mass is 9.80. The van der Waals surface area contributed by atoms with Crippen LogP contribution in [0, 0.1) is 5.92 Å². The molecule has 1 aliphatic carbocycles. The first-order chi connectivity index (χ1) is 7.18. The van der Waals surface area contributed by atoms with Crippen LogP contribution < -0.4 is 5.73 Å². The van der Waals surface area contributed by atoms with E-state index in [9.17, 15) is 4.79 Å². The highest BCUT2D eigenvalue weighted by Gasteiger charge is 2.27. The molecule has 0 radical (unpaired) electrons. The fourth-order valence-electron chi connectivity index (χ4n) is 2.23. The third-order valence-electron chi connectivity index (χ3n) is 3.18. The van der Waals surface area contributed by atoms with E-state index in [1.165, 1.54) is 11.1 Å². The molecule has 0 saturated carbocycles. The van der Waals surface area contributed by atoms with Gasteiger partial charge in [0.15, 0.2) is 0 Å². The second-order valence-electron chi connectivity index (χ2n) is 4.14. The maximum Gasteiger partial charge on any atom is 0.320 e. The zero-order valence-electron chi connectivity index (χ0n) is 8.52. The van der Waals surface area contributed by atoms with Crippen molar-refractivity contribution in [2.24, 2.45) is 11.7 Å². The van der Waals surface area contributed by atoms with Gasteiger partial charge in [-0.3, -0.25) is 4.79 Å². The number of rotatable bonds is 2. The quantitative estimate of drug-likeness (QED) is 0.762. The highest BCUT2D eigenvalue weighted by molar-refractivity contribution is 5.73. The van der Waals surface area contributed by atoms with E-state index in [1.54, 1.807) is 0 Å². The summed E-state index contributed by atoms with van der Waals surface area (Å²) in [5.41, 5.74) is 8.24. The molecule has 1 aromatic carbocycles. The molecule has 0 unspecified atom stereocenters. The van der Waals surface area contributed by atoms with Crippen molar-refractivity contribution in [1.29, 1.82) is 0 Å². The molecule has 80 valence electrons. The number of hydrogen-bond donors (Lipinski definition) is 2. The van der Waals surface area contributed by atoms with E-state index in [-0.39, 0.29) is 5.92 Å². The summed E-state index contributed by atoms with van der Waals surface area (Å²) < 4.78 is 0. The van der Waals surface area contributed by atoms with Crippen LogP contribution in [0.25, 0.3) is 0 Å². The van der Waals surface area contributed by atoms with Gasteiger partial charge in [-0.25, -0.2) is 0 Å². The fourth-order valence-corrected chi connectivity index (χ4v) is 2.23. The van der Waals surface area contributed by atoms with Crippen molar-refractivity contribution >= 4 is 5.97 Å². The number of nitrogens with two attached hydrogens (primary N) is 1. The Kier molecular flexibility index (Phi) is 2.73. The Labute approximate surface area is 88.9 Å². The first kappa shape index (κ1) is 10.2. The van der Waals surface area contributed by atoms with Gasteiger partial charge in [-0.2, -0.15) is 0 Å². The van der Waals surface area contributed by atoms with E-state index >= 15 is 0 Å². The van der Waals surface area contributed by atoms with Crippen molar-refractivity contribution in [2.75, 3.05) is 0 Å². The number of carboxylic acids is 1. The van der Waals surface area contributed by atoms with Crippen molar-refractivity contribution in [3.63, 3.8) is 0 Å². The van der Waals surface area contributed by atoms with Crippen LogP contribution in [0.3, 0.4) is 0 Å². The number of aryl methyl sites for hydroxylation is 1. The number of benzene rings is 1. The summed E-state index contributed by atoms with van der Waals surface area (Å²) in [5, 5.41) is 8.86.